The second kappa shape index (κ2) is 4.31. The zero-order valence-electron chi connectivity index (χ0n) is 7.71. The highest BCUT2D eigenvalue weighted by atomic mass is 32.2. The summed E-state index contributed by atoms with van der Waals surface area (Å²) in [5.41, 5.74) is 0. The van der Waals surface area contributed by atoms with Gasteiger partial charge in [0.05, 0.1) is 12.8 Å². The van der Waals surface area contributed by atoms with Crippen LogP contribution in [0.2, 0.25) is 0 Å². The van der Waals surface area contributed by atoms with Crippen molar-refractivity contribution in [1.82, 2.24) is 9.97 Å². The van der Waals surface area contributed by atoms with Crippen LogP contribution in [0.1, 0.15) is 6.42 Å². The van der Waals surface area contributed by atoms with E-state index < -0.39 is 5.97 Å². The smallest absolute Gasteiger partial charge is 0.348 e. The Bertz CT molecular complexity index is 405. The van der Waals surface area contributed by atoms with Crippen molar-refractivity contribution in [3.8, 4) is 0 Å². The minimum atomic E-state index is -0.505. The molecular weight excluding hydrogens is 216 g/mol. The van der Waals surface area contributed by atoms with Crippen LogP contribution in [0.5, 0.6) is 0 Å². The van der Waals surface area contributed by atoms with Crippen LogP contribution in [0.4, 0.5) is 0 Å². The Balaban J connectivity index is 2.21. The van der Waals surface area contributed by atoms with Crippen LogP contribution in [0.3, 0.4) is 0 Å². The van der Waals surface area contributed by atoms with Crippen molar-refractivity contribution in [2.45, 2.75) is 11.4 Å². The highest BCUT2D eigenvalue weighted by Gasteiger charge is 2.23. The molecule has 0 saturated heterocycles. The summed E-state index contributed by atoms with van der Waals surface area (Å²) in [5.74, 6) is -0.448. The second-order valence-electron chi connectivity index (χ2n) is 2.81. The minimum Gasteiger partial charge on any atom is -0.511 e. The standard InChI is InChI=1S/C9H8N2O3S/c12-6-1-4-14-9(13)8(6)15-7-5-10-2-3-11-7/h2-3,5,12H,1,4H2. The maximum absolute atomic E-state index is 11.3. The van der Waals surface area contributed by atoms with Crippen LogP contribution in [0.15, 0.2) is 34.3 Å². The van der Waals surface area contributed by atoms with Crippen molar-refractivity contribution >= 4 is 17.7 Å². The largest absolute Gasteiger partial charge is 0.511 e. The van der Waals surface area contributed by atoms with Crippen molar-refractivity contribution in [2.75, 3.05) is 6.61 Å². The third-order valence-corrected chi connectivity index (χ3v) is 2.79. The Hall–Kier alpha value is -1.56. The highest BCUT2D eigenvalue weighted by Crippen LogP contribution is 2.30. The quantitative estimate of drug-likeness (QED) is 0.763. The summed E-state index contributed by atoms with van der Waals surface area (Å²) in [4.78, 5) is 19.3. The number of carbonyl (C=O) groups is 1. The number of esters is 1. The van der Waals surface area contributed by atoms with Gasteiger partial charge in [-0.05, 0) is 0 Å². The molecule has 0 spiro atoms. The maximum Gasteiger partial charge on any atom is 0.348 e. The zero-order valence-corrected chi connectivity index (χ0v) is 8.53. The van der Waals surface area contributed by atoms with Crippen LogP contribution in [-0.4, -0.2) is 27.7 Å². The van der Waals surface area contributed by atoms with E-state index >= 15 is 0 Å². The average molecular weight is 224 g/mol. The van der Waals surface area contributed by atoms with E-state index in [1.807, 2.05) is 0 Å². The number of hydrogen-bond donors (Lipinski definition) is 1. The summed E-state index contributed by atoms with van der Waals surface area (Å²) in [6, 6.07) is 0. The van der Waals surface area contributed by atoms with E-state index in [2.05, 4.69) is 9.97 Å². The lowest BCUT2D eigenvalue weighted by Gasteiger charge is -2.14. The number of rotatable bonds is 2. The lowest BCUT2D eigenvalue weighted by molar-refractivity contribution is -0.139. The van der Waals surface area contributed by atoms with Crippen molar-refractivity contribution in [3.63, 3.8) is 0 Å². The summed E-state index contributed by atoms with van der Waals surface area (Å²) < 4.78 is 4.81. The molecule has 2 heterocycles. The fourth-order valence-electron chi connectivity index (χ4n) is 1.08. The van der Waals surface area contributed by atoms with E-state index in [9.17, 15) is 9.90 Å². The van der Waals surface area contributed by atoms with Crippen molar-refractivity contribution in [1.29, 1.82) is 0 Å². The predicted molar refractivity (Wildman–Crippen MR) is 53.1 cm³/mol. The first-order valence-corrected chi connectivity index (χ1v) is 5.12. The number of cyclic esters (lactones) is 1. The van der Waals surface area contributed by atoms with Gasteiger partial charge in [0.1, 0.15) is 15.7 Å². The number of nitrogens with zero attached hydrogens (tertiary/aromatic N) is 2. The molecule has 1 aliphatic rings. The number of thioether (sulfide) groups is 1. The first-order chi connectivity index (χ1) is 7.27. The molecular formula is C9H8N2O3S. The molecule has 5 nitrogen and oxygen atoms in total. The summed E-state index contributed by atoms with van der Waals surface area (Å²) in [7, 11) is 0. The molecule has 0 amide bonds. The normalized spacial score (nSPS) is 16.4. The van der Waals surface area contributed by atoms with Gasteiger partial charge < -0.3 is 9.84 Å². The Labute approximate surface area is 90.2 Å². The molecule has 1 aromatic rings. The first kappa shape index (κ1) is 9.97. The molecule has 0 unspecified atom stereocenters. The van der Waals surface area contributed by atoms with Gasteiger partial charge in [-0.15, -0.1) is 0 Å². The second-order valence-corrected chi connectivity index (χ2v) is 3.84. The van der Waals surface area contributed by atoms with Crippen LogP contribution >= 0.6 is 11.8 Å². The molecule has 1 aliphatic heterocycles. The van der Waals surface area contributed by atoms with E-state index in [1.165, 1.54) is 18.6 Å². The SMILES string of the molecule is O=C1OCCC(O)=C1Sc1cnccn1. The maximum atomic E-state index is 11.3. The van der Waals surface area contributed by atoms with E-state index in [0.717, 1.165) is 11.8 Å². The number of aromatic nitrogens is 2. The topological polar surface area (TPSA) is 72.3 Å². The lowest BCUT2D eigenvalue weighted by Crippen LogP contribution is -2.15. The molecule has 15 heavy (non-hydrogen) atoms. The van der Waals surface area contributed by atoms with Gasteiger partial charge in [0, 0.05) is 18.8 Å². The number of aliphatic hydroxyl groups excluding tert-OH is 1. The van der Waals surface area contributed by atoms with Gasteiger partial charge in [-0.2, -0.15) is 0 Å². The first-order valence-electron chi connectivity index (χ1n) is 4.30. The number of aliphatic hydroxyl groups is 1. The number of carbonyl (C=O) groups excluding carboxylic acids is 1. The van der Waals surface area contributed by atoms with E-state index in [4.69, 9.17) is 4.74 Å². The number of hydrogen-bond acceptors (Lipinski definition) is 6. The molecule has 2 rings (SSSR count). The molecule has 0 radical (unpaired) electrons. The van der Waals surface area contributed by atoms with Gasteiger partial charge in [-0.25, -0.2) is 9.78 Å². The Kier molecular flexibility index (Phi) is 2.86. The van der Waals surface area contributed by atoms with Crippen LogP contribution in [0.25, 0.3) is 0 Å². The Morgan fingerprint density at radius 3 is 3.00 bits per heavy atom. The summed E-state index contributed by atoms with van der Waals surface area (Å²) in [6.45, 7) is 0.231. The minimum absolute atomic E-state index is 0.0573. The molecule has 1 N–H and O–H groups in total. The molecule has 6 heteroatoms. The molecule has 0 bridgehead atoms. The number of ether oxygens (including phenoxy) is 1. The summed E-state index contributed by atoms with van der Waals surface area (Å²) in [6.07, 6.45) is 4.94. The van der Waals surface area contributed by atoms with Gasteiger partial charge in [0.15, 0.2) is 0 Å². The Morgan fingerprint density at radius 2 is 2.33 bits per heavy atom. The summed E-state index contributed by atoms with van der Waals surface area (Å²) >= 11 is 1.06. The zero-order chi connectivity index (χ0) is 10.7. The predicted octanol–water partition coefficient (Wildman–Crippen LogP) is 1.29. The lowest BCUT2D eigenvalue weighted by atomic mass is 10.3. The molecule has 0 saturated carbocycles. The van der Waals surface area contributed by atoms with Gasteiger partial charge >= 0.3 is 5.97 Å². The van der Waals surface area contributed by atoms with Crippen LogP contribution < -0.4 is 0 Å². The van der Waals surface area contributed by atoms with Crippen LogP contribution in [-0.2, 0) is 9.53 Å². The fourth-order valence-corrected chi connectivity index (χ4v) is 1.88. The van der Waals surface area contributed by atoms with E-state index in [1.54, 1.807) is 0 Å². The molecule has 78 valence electrons. The van der Waals surface area contributed by atoms with Gasteiger partial charge in [-0.3, -0.25) is 4.98 Å². The van der Waals surface area contributed by atoms with Gasteiger partial charge in [0.2, 0.25) is 0 Å². The molecule has 0 fully saturated rings. The highest BCUT2D eigenvalue weighted by molar-refractivity contribution is 8.03. The monoisotopic (exact) mass is 224 g/mol. The van der Waals surface area contributed by atoms with Crippen molar-refractivity contribution in [2.24, 2.45) is 0 Å². The fraction of sp³-hybridized carbons (Fsp3) is 0.222. The average Bonchev–Trinajstić information content (AvgIpc) is 2.25. The third kappa shape index (κ3) is 2.27. The third-order valence-electron chi connectivity index (χ3n) is 1.77. The van der Waals surface area contributed by atoms with E-state index in [0.29, 0.717) is 11.4 Å². The molecule has 0 aliphatic carbocycles. The van der Waals surface area contributed by atoms with Crippen LogP contribution in [0, 0.1) is 0 Å². The van der Waals surface area contributed by atoms with Crippen molar-refractivity contribution in [3.05, 3.63) is 29.3 Å². The van der Waals surface area contributed by atoms with Gasteiger partial charge in [0.25, 0.3) is 0 Å². The molecule has 0 atom stereocenters. The molecule has 0 aromatic carbocycles. The van der Waals surface area contributed by atoms with E-state index in [-0.39, 0.29) is 17.3 Å². The van der Waals surface area contributed by atoms with Gasteiger partial charge in [-0.1, -0.05) is 11.8 Å². The Morgan fingerprint density at radius 1 is 1.47 bits per heavy atom. The van der Waals surface area contributed by atoms with Crippen molar-refractivity contribution < 1.29 is 14.6 Å². The molecule has 1 aromatic heterocycles. The summed E-state index contributed by atoms with van der Waals surface area (Å²) in [5, 5.41) is 10.1.